The Morgan fingerprint density at radius 3 is 2.82 bits per heavy atom. The average molecular weight is 146 g/mol. The van der Waals surface area contributed by atoms with Crippen LogP contribution in [0.2, 0.25) is 0 Å². The Hall–Kier alpha value is -1.31. The number of benzene rings is 1. The molecular formula is C9H8NO. The fraction of sp³-hybridized carbons (Fsp3) is 0.111. The van der Waals surface area contributed by atoms with Crippen molar-refractivity contribution in [2.45, 2.75) is 5.92 Å². The molecule has 1 heterocycles. The van der Waals surface area contributed by atoms with Gasteiger partial charge in [0.1, 0.15) is 0 Å². The van der Waals surface area contributed by atoms with Gasteiger partial charge in [0.05, 0.1) is 5.92 Å². The van der Waals surface area contributed by atoms with E-state index in [4.69, 9.17) is 0 Å². The lowest BCUT2D eigenvalue weighted by atomic mass is 10.0. The van der Waals surface area contributed by atoms with Gasteiger partial charge in [-0.15, -0.1) is 0 Å². The molecule has 2 nitrogen and oxygen atoms in total. The van der Waals surface area contributed by atoms with Gasteiger partial charge in [0.15, 0.2) is 0 Å². The van der Waals surface area contributed by atoms with Gasteiger partial charge >= 0.3 is 0 Å². The van der Waals surface area contributed by atoms with Crippen LogP contribution >= 0.6 is 0 Å². The quantitative estimate of drug-likeness (QED) is 0.591. The van der Waals surface area contributed by atoms with Crippen LogP contribution in [0.15, 0.2) is 24.3 Å². The molecule has 1 aromatic rings. The first-order valence-corrected chi connectivity index (χ1v) is 3.52. The van der Waals surface area contributed by atoms with Crippen LogP contribution in [0.4, 0.5) is 5.69 Å². The molecule has 0 fully saturated rings. The van der Waals surface area contributed by atoms with Gasteiger partial charge < -0.3 is 5.32 Å². The predicted molar refractivity (Wildman–Crippen MR) is 43.2 cm³/mol. The minimum atomic E-state index is -0.230. The fourth-order valence-electron chi connectivity index (χ4n) is 1.28. The second-order valence-corrected chi connectivity index (χ2v) is 2.63. The Morgan fingerprint density at radius 2 is 2.09 bits per heavy atom. The summed E-state index contributed by atoms with van der Waals surface area (Å²) in [5.41, 5.74) is 1.90. The van der Waals surface area contributed by atoms with Crippen LogP contribution in [0, 0.1) is 6.92 Å². The van der Waals surface area contributed by atoms with Crippen LogP contribution in [-0.2, 0) is 4.79 Å². The van der Waals surface area contributed by atoms with Crippen molar-refractivity contribution in [1.82, 2.24) is 0 Å². The summed E-state index contributed by atoms with van der Waals surface area (Å²) in [6.07, 6.45) is 0. The zero-order valence-electron chi connectivity index (χ0n) is 6.00. The molecular weight excluding hydrogens is 138 g/mol. The molecule has 11 heavy (non-hydrogen) atoms. The van der Waals surface area contributed by atoms with E-state index in [0.717, 1.165) is 11.3 Å². The number of carbonyl (C=O) groups is 1. The zero-order valence-corrected chi connectivity index (χ0v) is 6.00. The summed E-state index contributed by atoms with van der Waals surface area (Å²) in [5, 5.41) is 2.75. The fourth-order valence-corrected chi connectivity index (χ4v) is 1.28. The molecule has 55 valence electrons. The Bertz CT molecular complexity index is 306. The van der Waals surface area contributed by atoms with E-state index in [1.54, 1.807) is 0 Å². The first kappa shape index (κ1) is 6.40. The van der Waals surface area contributed by atoms with Gasteiger partial charge in [0.2, 0.25) is 5.91 Å². The van der Waals surface area contributed by atoms with Crippen molar-refractivity contribution in [3.05, 3.63) is 36.8 Å². The van der Waals surface area contributed by atoms with Crippen molar-refractivity contribution in [1.29, 1.82) is 0 Å². The maximum atomic E-state index is 11.1. The number of amides is 1. The highest BCUT2D eigenvalue weighted by Crippen LogP contribution is 2.30. The minimum Gasteiger partial charge on any atom is -0.325 e. The highest BCUT2D eigenvalue weighted by Gasteiger charge is 2.25. The molecule has 1 radical (unpaired) electrons. The van der Waals surface area contributed by atoms with Crippen LogP contribution in [0.5, 0.6) is 0 Å². The lowest BCUT2D eigenvalue weighted by molar-refractivity contribution is -0.116. The second kappa shape index (κ2) is 2.09. The number of anilines is 1. The topological polar surface area (TPSA) is 29.1 Å². The first-order chi connectivity index (χ1) is 5.29. The van der Waals surface area contributed by atoms with E-state index in [1.165, 1.54) is 0 Å². The van der Waals surface area contributed by atoms with Gasteiger partial charge in [-0.2, -0.15) is 0 Å². The number of para-hydroxylation sites is 1. The van der Waals surface area contributed by atoms with Gasteiger partial charge in [-0.25, -0.2) is 0 Å². The van der Waals surface area contributed by atoms with Gasteiger partial charge in [0, 0.05) is 5.69 Å². The molecule has 0 aliphatic carbocycles. The monoisotopic (exact) mass is 146 g/mol. The lowest BCUT2D eigenvalue weighted by Gasteiger charge is -1.97. The van der Waals surface area contributed by atoms with E-state index in [-0.39, 0.29) is 11.8 Å². The molecule has 1 aliphatic heterocycles. The highest BCUT2D eigenvalue weighted by molar-refractivity contribution is 6.03. The van der Waals surface area contributed by atoms with E-state index in [9.17, 15) is 4.79 Å². The number of hydrogen-bond acceptors (Lipinski definition) is 1. The van der Waals surface area contributed by atoms with Crippen LogP contribution < -0.4 is 5.32 Å². The predicted octanol–water partition coefficient (Wildman–Crippen LogP) is 1.56. The molecule has 0 saturated heterocycles. The Kier molecular flexibility index (Phi) is 1.22. The highest BCUT2D eigenvalue weighted by atomic mass is 16.2. The summed E-state index contributed by atoms with van der Waals surface area (Å²) in [7, 11) is 0. The summed E-state index contributed by atoms with van der Waals surface area (Å²) in [6, 6.07) is 7.62. The Labute approximate surface area is 65.2 Å². The van der Waals surface area contributed by atoms with Crippen LogP contribution in [-0.4, -0.2) is 5.91 Å². The van der Waals surface area contributed by atoms with Crippen molar-refractivity contribution in [3.8, 4) is 0 Å². The SMILES string of the molecule is [CH2]C1C(=O)Nc2ccccc21. The third-order valence-electron chi connectivity index (χ3n) is 1.91. The van der Waals surface area contributed by atoms with E-state index >= 15 is 0 Å². The van der Waals surface area contributed by atoms with Crippen LogP contribution in [0.3, 0.4) is 0 Å². The van der Waals surface area contributed by atoms with Gasteiger partial charge in [-0.05, 0) is 18.6 Å². The smallest absolute Gasteiger partial charge is 0.232 e. The molecule has 1 atom stereocenters. The van der Waals surface area contributed by atoms with Crippen molar-refractivity contribution in [2.75, 3.05) is 5.32 Å². The molecule has 2 heteroatoms. The van der Waals surface area contributed by atoms with Crippen molar-refractivity contribution in [3.63, 3.8) is 0 Å². The molecule has 0 aromatic heterocycles. The summed E-state index contributed by atoms with van der Waals surface area (Å²) in [4.78, 5) is 11.1. The van der Waals surface area contributed by atoms with Crippen LogP contribution in [0.25, 0.3) is 0 Å². The summed E-state index contributed by atoms with van der Waals surface area (Å²) < 4.78 is 0. The largest absolute Gasteiger partial charge is 0.325 e. The van der Waals surface area contributed by atoms with E-state index in [2.05, 4.69) is 12.2 Å². The molecule has 1 N–H and O–H groups in total. The molecule has 0 spiro atoms. The number of rotatable bonds is 0. The number of carbonyl (C=O) groups excluding carboxylic acids is 1. The molecule has 1 unspecified atom stereocenters. The minimum absolute atomic E-state index is 0.00815. The lowest BCUT2D eigenvalue weighted by Crippen LogP contribution is -2.08. The molecule has 0 bridgehead atoms. The summed E-state index contributed by atoms with van der Waals surface area (Å²) in [5.74, 6) is -0.239. The molecule has 1 amide bonds. The van der Waals surface area contributed by atoms with E-state index < -0.39 is 0 Å². The summed E-state index contributed by atoms with van der Waals surface area (Å²) in [6.45, 7) is 3.75. The third kappa shape index (κ3) is 0.827. The van der Waals surface area contributed by atoms with Gasteiger partial charge in [0.25, 0.3) is 0 Å². The molecule has 1 aromatic carbocycles. The number of hydrogen-bond donors (Lipinski definition) is 1. The van der Waals surface area contributed by atoms with Crippen molar-refractivity contribution in [2.24, 2.45) is 0 Å². The Balaban J connectivity index is 2.55. The maximum Gasteiger partial charge on any atom is 0.232 e. The van der Waals surface area contributed by atoms with Crippen molar-refractivity contribution < 1.29 is 4.79 Å². The van der Waals surface area contributed by atoms with Gasteiger partial charge in [-0.3, -0.25) is 4.79 Å². The van der Waals surface area contributed by atoms with Crippen molar-refractivity contribution >= 4 is 11.6 Å². The standard InChI is InChI=1S/C9H8NO/c1-6-7-4-2-3-5-8(7)10-9(6)11/h2-6H,1H2,(H,10,11). The zero-order chi connectivity index (χ0) is 7.84. The van der Waals surface area contributed by atoms with Crippen LogP contribution in [0.1, 0.15) is 11.5 Å². The normalized spacial score (nSPS) is 21.2. The molecule has 2 rings (SSSR count). The Morgan fingerprint density at radius 1 is 1.36 bits per heavy atom. The maximum absolute atomic E-state index is 11.1. The van der Waals surface area contributed by atoms with Gasteiger partial charge in [-0.1, -0.05) is 18.2 Å². The van der Waals surface area contributed by atoms with E-state index in [0.29, 0.717) is 0 Å². The number of nitrogens with one attached hydrogen (secondary N) is 1. The average Bonchev–Trinajstić information content (AvgIpc) is 2.30. The third-order valence-corrected chi connectivity index (χ3v) is 1.91. The first-order valence-electron chi connectivity index (χ1n) is 3.52. The second-order valence-electron chi connectivity index (χ2n) is 2.63. The summed E-state index contributed by atoms with van der Waals surface area (Å²) >= 11 is 0. The molecule has 1 aliphatic rings. The number of fused-ring (bicyclic) bond motifs is 1. The molecule has 0 saturated carbocycles. The van der Waals surface area contributed by atoms with E-state index in [1.807, 2.05) is 24.3 Å².